The van der Waals surface area contributed by atoms with Crippen molar-refractivity contribution in [3.8, 4) is 44.5 Å². The van der Waals surface area contributed by atoms with Crippen LogP contribution in [-0.2, 0) is 0 Å². The lowest BCUT2D eigenvalue weighted by atomic mass is 9.83. The summed E-state index contributed by atoms with van der Waals surface area (Å²) >= 11 is 0. The van der Waals surface area contributed by atoms with Gasteiger partial charge in [0.25, 0.3) is 0 Å². The molecule has 1 nitrogen and oxygen atoms in total. The second-order valence-corrected chi connectivity index (χ2v) is 12.4. The van der Waals surface area contributed by atoms with Gasteiger partial charge in [0.15, 0.2) is 0 Å². The van der Waals surface area contributed by atoms with Crippen LogP contribution in [0.15, 0.2) is 186 Å². The van der Waals surface area contributed by atoms with Crippen molar-refractivity contribution >= 4 is 54.3 Å². The molecule has 0 saturated carbocycles. The number of benzene rings is 9. The molecule has 0 N–H and O–H groups in total. The van der Waals surface area contributed by atoms with Crippen LogP contribution in [0.2, 0.25) is 0 Å². The minimum absolute atomic E-state index is 0.187. The normalized spacial score (nSPS) is 13.1. The van der Waals surface area contributed by atoms with E-state index in [1.165, 1.54) is 5.56 Å². The van der Waals surface area contributed by atoms with Gasteiger partial charge in [-0.25, -0.2) is 0 Å². The van der Waals surface area contributed by atoms with Crippen LogP contribution >= 0.6 is 0 Å². The molecule has 9 aromatic carbocycles. The van der Waals surface area contributed by atoms with Crippen molar-refractivity contribution in [2.24, 2.45) is 0 Å². The van der Waals surface area contributed by atoms with E-state index in [1.54, 1.807) is 0 Å². The fourth-order valence-electron chi connectivity index (χ4n) is 7.60. The zero-order valence-corrected chi connectivity index (χ0v) is 26.3. The molecule has 0 radical (unpaired) electrons. The first-order valence-corrected chi connectivity index (χ1v) is 16.4. The summed E-state index contributed by atoms with van der Waals surface area (Å²) in [7, 11) is 0. The molecule has 1 heteroatoms. The Morgan fingerprint density at radius 1 is 0.367 bits per heavy atom. The molecule has 0 aliphatic heterocycles. The van der Waals surface area contributed by atoms with E-state index in [0.717, 1.165) is 82.1 Å². The summed E-state index contributed by atoms with van der Waals surface area (Å²) < 4.78 is 49.4. The molecule has 0 bridgehead atoms. The molecular formula is C48H30O. The highest BCUT2D eigenvalue weighted by Crippen LogP contribution is 2.48. The summed E-state index contributed by atoms with van der Waals surface area (Å²) in [6.07, 6.45) is 0. The van der Waals surface area contributed by atoms with Crippen LogP contribution in [0.4, 0.5) is 0 Å². The average Bonchev–Trinajstić information content (AvgIpc) is 3.58. The van der Waals surface area contributed by atoms with Crippen molar-refractivity contribution < 1.29 is 11.3 Å². The number of hydrogen-bond acceptors (Lipinski definition) is 1. The first kappa shape index (κ1) is 23.0. The minimum Gasteiger partial charge on any atom is -0.456 e. The maximum atomic E-state index is 8.85. The molecule has 228 valence electrons. The van der Waals surface area contributed by atoms with Crippen molar-refractivity contribution in [3.05, 3.63) is 182 Å². The van der Waals surface area contributed by atoms with E-state index in [4.69, 9.17) is 11.3 Å². The Balaban J connectivity index is 1.26. The largest absolute Gasteiger partial charge is 0.456 e. The van der Waals surface area contributed by atoms with Gasteiger partial charge in [-0.15, -0.1) is 0 Å². The van der Waals surface area contributed by atoms with Gasteiger partial charge in [0.1, 0.15) is 11.2 Å². The number of fused-ring (bicyclic) bond motifs is 6. The predicted octanol–water partition coefficient (Wildman–Crippen LogP) is 13.7. The maximum absolute atomic E-state index is 8.85. The van der Waals surface area contributed by atoms with E-state index >= 15 is 0 Å². The van der Waals surface area contributed by atoms with Crippen LogP contribution in [0.25, 0.3) is 98.8 Å². The number of hydrogen-bond donors (Lipinski definition) is 0. The summed E-state index contributed by atoms with van der Waals surface area (Å²) in [5.41, 5.74) is 8.62. The van der Waals surface area contributed by atoms with Crippen molar-refractivity contribution in [2.45, 2.75) is 0 Å². The highest BCUT2D eigenvalue weighted by atomic mass is 16.3. The number of furan rings is 1. The molecule has 0 aliphatic rings. The van der Waals surface area contributed by atoms with Crippen LogP contribution in [0.1, 0.15) is 6.85 Å². The van der Waals surface area contributed by atoms with Gasteiger partial charge in [-0.2, -0.15) is 0 Å². The topological polar surface area (TPSA) is 13.1 Å². The van der Waals surface area contributed by atoms with Crippen LogP contribution in [0.5, 0.6) is 0 Å². The molecule has 0 fully saturated rings. The van der Waals surface area contributed by atoms with Crippen molar-refractivity contribution in [1.82, 2.24) is 0 Å². The summed E-state index contributed by atoms with van der Waals surface area (Å²) in [5.74, 6) is 0. The Bertz CT molecular complexity index is 3080. The fourth-order valence-corrected chi connectivity index (χ4v) is 7.60. The van der Waals surface area contributed by atoms with E-state index in [1.807, 2.05) is 48.5 Å². The molecule has 49 heavy (non-hydrogen) atoms. The Morgan fingerprint density at radius 3 is 1.69 bits per heavy atom. The third kappa shape index (κ3) is 4.40. The minimum atomic E-state index is -0.405. The molecule has 10 aromatic rings. The lowest BCUT2D eigenvalue weighted by Crippen LogP contribution is -1.93. The van der Waals surface area contributed by atoms with Gasteiger partial charge in [-0.3, -0.25) is 0 Å². The average molecular weight is 628 g/mol. The highest BCUT2D eigenvalue weighted by molar-refractivity contribution is 6.26. The van der Waals surface area contributed by atoms with E-state index in [2.05, 4.69) is 103 Å². The third-order valence-corrected chi connectivity index (χ3v) is 9.73. The molecule has 0 unspecified atom stereocenters. The van der Waals surface area contributed by atoms with Crippen molar-refractivity contribution in [2.75, 3.05) is 0 Å². The van der Waals surface area contributed by atoms with E-state index < -0.39 is 6.04 Å². The maximum Gasteiger partial charge on any atom is 0.136 e. The molecule has 0 saturated heterocycles. The van der Waals surface area contributed by atoms with Gasteiger partial charge in [-0.1, -0.05) is 158 Å². The second kappa shape index (κ2) is 11.1. The molecule has 1 aromatic heterocycles. The van der Waals surface area contributed by atoms with Crippen molar-refractivity contribution in [3.63, 3.8) is 0 Å². The first-order valence-electron chi connectivity index (χ1n) is 18.9. The van der Waals surface area contributed by atoms with E-state index in [-0.39, 0.29) is 29.7 Å². The molecular weight excluding hydrogens is 593 g/mol. The Kier molecular flexibility index (Phi) is 5.20. The predicted molar refractivity (Wildman–Crippen MR) is 208 cm³/mol. The fraction of sp³-hybridized carbons (Fsp3) is 0. The monoisotopic (exact) mass is 627 g/mol. The van der Waals surface area contributed by atoms with Gasteiger partial charge in [0.05, 0.1) is 6.85 Å². The molecule has 1 heterocycles. The zero-order valence-electron chi connectivity index (χ0n) is 31.3. The molecule has 10 rings (SSSR count). The smallest absolute Gasteiger partial charge is 0.136 e. The van der Waals surface area contributed by atoms with Gasteiger partial charge >= 0.3 is 0 Å². The highest BCUT2D eigenvalue weighted by Gasteiger charge is 2.21. The quantitative estimate of drug-likeness (QED) is 0.177. The summed E-state index contributed by atoms with van der Waals surface area (Å²) in [6, 6.07) is 50.4. The Hall–Kier alpha value is -6.44. The molecule has 0 atom stereocenters. The van der Waals surface area contributed by atoms with E-state index in [0.29, 0.717) is 5.56 Å². The third-order valence-electron chi connectivity index (χ3n) is 9.73. The summed E-state index contributed by atoms with van der Waals surface area (Å²) in [4.78, 5) is 0. The Labute approximate surface area is 291 Å². The Morgan fingerprint density at radius 2 is 0.980 bits per heavy atom. The van der Waals surface area contributed by atoms with Crippen LogP contribution in [0, 0.1) is 0 Å². The second-order valence-electron chi connectivity index (χ2n) is 12.4. The van der Waals surface area contributed by atoms with Gasteiger partial charge in [-0.05, 0) is 101 Å². The van der Waals surface area contributed by atoms with Crippen LogP contribution in [0.3, 0.4) is 0 Å². The SMILES string of the molecule is [2H]c1c([2H])c([2H])c(-c2ccccc2-c2c3ccccc3c(-c3cccc4oc5cc6cc(-c7ccccc7)ccc6cc5c34)c3ccccc23)c([2H])c1[2H]. The van der Waals surface area contributed by atoms with Crippen LogP contribution in [-0.4, -0.2) is 0 Å². The number of rotatable bonds is 4. The lowest BCUT2D eigenvalue weighted by molar-refractivity contribution is 0.669. The van der Waals surface area contributed by atoms with Crippen molar-refractivity contribution in [1.29, 1.82) is 0 Å². The van der Waals surface area contributed by atoms with E-state index in [9.17, 15) is 0 Å². The van der Waals surface area contributed by atoms with Gasteiger partial charge in [0.2, 0.25) is 0 Å². The summed E-state index contributed by atoms with van der Waals surface area (Å²) in [6.45, 7) is 0. The molecule has 0 aliphatic carbocycles. The lowest BCUT2D eigenvalue weighted by Gasteiger charge is -2.20. The zero-order chi connectivity index (χ0) is 36.7. The molecule has 0 spiro atoms. The van der Waals surface area contributed by atoms with Gasteiger partial charge < -0.3 is 4.42 Å². The summed E-state index contributed by atoms with van der Waals surface area (Å²) in [5, 5.41) is 8.41. The standard InChI is InChI=1S/C48H30O/c1-3-14-31(15-4-1)33-26-27-34-29-43-45(30-35(34)28-33)49-44-25-13-24-42(48(43)44)47-40-22-11-9-20-38(40)46(39-21-10-12-23-41(39)47)37-19-8-7-18-36(37)32-16-5-2-6-17-32/h1-30H/i2D,5D,6D,16D,17D. The first-order chi connectivity index (χ1) is 26.4. The van der Waals surface area contributed by atoms with Gasteiger partial charge in [0, 0.05) is 10.8 Å². The molecule has 0 amide bonds. The van der Waals surface area contributed by atoms with Crippen LogP contribution < -0.4 is 0 Å².